The summed E-state index contributed by atoms with van der Waals surface area (Å²) in [4.78, 5) is 4.43. The van der Waals surface area contributed by atoms with Gasteiger partial charge in [-0.05, 0) is 91.0 Å². The molecule has 172 valence electrons. The number of pyridine rings is 1. The third-order valence-electron chi connectivity index (χ3n) is 8.19. The van der Waals surface area contributed by atoms with Gasteiger partial charge >= 0.3 is 0 Å². The number of unbranched alkanes of at least 4 members (excludes halogenated alkanes) is 1. The van der Waals surface area contributed by atoms with Crippen LogP contribution in [0.15, 0.2) is 60.4 Å². The lowest BCUT2D eigenvalue weighted by Crippen LogP contribution is -2.40. The molecule has 0 bridgehead atoms. The fraction of sp³-hybridized carbons (Fsp3) is 0.429. The van der Waals surface area contributed by atoms with Gasteiger partial charge in [-0.25, -0.2) is 9.07 Å². The van der Waals surface area contributed by atoms with E-state index in [9.17, 15) is 9.50 Å². The molecule has 0 saturated heterocycles. The highest BCUT2D eigenvalue weighted by atomic mass is 19.1. The number of hydrogen-bond donors (Lipinski definition) is 1. The summed E-state index contributed by atoms with van der Waals surface area (Å²) in [6.45, 7) is 4.63. The van der Waals surface area contributed by atoms with Gasteiger partial charge in [0.25, 0.3) is 0 Å². The smallest absolute Gasteiger partial charge is 0.123 e. The van der Waals surface area contributed by atoms with Gasteiger partial charge in [0.05, 0.1) is 29.4 Å². The molecule has 0 spiro atoms. The summed E-state index contributed by atoms with van der Waals surface area (Å²) in [6.07, 6.45) is 12.6. The van der Waals surface area contributed by atoms with E-state index < -0.39 is 6.10 Å². The van der Waals surface area contributed by atoms with Gasteiger partial charge in [0, 0.05) is 6.20 Å². The Morgan fingerprint density at radius 3 is 2.73 bits per heavy atom. The van der Waals surface area contributed by atoms with Crippen LogP contribution in [0.25, 0.3) is 11.8 Å². The van der Waals surface area contributed by atoms with Crippen molar-refractivity contribution in [2.24, 2.45) is 10.8 Å². The molecule has 33 heavy (non-hydrogen) atoms. The monoisotopic (exact) mass is 445 g/mol. The molecule has 1 saturated carbocycles. The van der Waals surface area contributed by atoms with Gasteiger partial charge in [0.1, 0.15) is 5.82 Å². The first kappa shape index (κ1) is 22.0. The standard InChI is InChI=1S/C28H32FN3O/c1-3-4-13-28(18-26(33)24-7-5-6-15-30-24)14-12-21-16-25-20(17-27(21,28)2)19-31-32(25)23-10-8-22(29)9-11-23/h5-11,15-16,19,26,33H,3-4,12-14,17-18H2,1-2H3. The molecule has 2 heterocycles. The van der Waals surface area contributed by atoms with E-state index >= 15 is 0 Å². The molecule has 2 aromatic heterocycles. The van der Waals surface area contributed by atoms with Crippen molar-refractivity contribution in [3.8, 4) is 5.69 Å². The maximum Gasteiger partial charge on any atom is 0.123 e. The van der Waals surface area contributed by atoms with E-state index in [0.717, 1.165) is 62.0 Å². The zero-order chi connectivity index (χ0) is 23.1. The average Bonchev–Trinajstić information content (AvgIpc) is 3.35. The highest BCUT2D eigenvalue weighted by Crippen LogP contribution is 2.64. The number of halogens is 1. The Balaban J connectivity index is 1.51. The lowest BCUT2D eigenvalue weighted by Gasteiger charge is -2.47. The van der Waals surface area contributed by atoms with E-state index in [2.05, 4.69) is 30.0 Å². The molecule has 5 rings (SSSR count). The van der Waals surface area contributed by atoms with Crippen LogP contribution >= 0.6 is 0 Å². The summed E-state index contributed by atoms with van der Waals surface area (Å²) < 4.78 is 15.4. The summed E-state index contributed by atoms with van der Waals surface area (Å²) in [6, 6.07) is 12.3. The molecule has 1 aromatic carbocycles. The van der Waals surface area contributed by atoms with E-state index in [1.54, 1.807) is 18.3 Å². The number of hydrogen-bond acceptors (Lipinski definition) is 3. The Labute approximate surface area is 195 Å². The number of aliphatic hydroxyl groups is 1. The zero-order valence-electron chi connectivity index (χ0n) is 19.5. The number of aliphatic hydroxyl groups excluding tert-OH is 1. The highest BCUT2D eigenvalue weighted by molar-refractivity contribution is 5.62. The number of benzene rings is 1. The van der Waals surface area contributed by atoms with E-state index in [4.69, 9.17) is 0 Å². The topological polar surface area (TPSA) is 50.9 Å². The van der Waals surface area contributed by atoms with Crippen LogP contribution in [0.5, 0.6) is 0 Å². The lowest BCUT2D eigenvalue weighted by molar-refractivity contribution is 0.0214. The van der Waals surface area contributed by atoms with Crippen molar-refractivity contribution in [3.05, 3.63) is 83.2 Å². The minimum absolute atomic E-state index is 0.0153. The van der Waals surface area contributed by atoms with Crippen LogP contribution in [0.3, 0.4) is 0 Å². The molecule has 5 heteroatoms. The first-order chi connectivity index (χ1) is 16.0. The van der Waals surface area contributed by atoms with Crippen molar-refractivity contribution in [3.63, 3.8) is 0 Å². The van der Waals surface area contributed by atoms with Crippen LogP contribution in [0, 0.1) is 16.6 Å². The highest BCUT2D eigenvalue weighted by Gasteiger charge is 2.55. The van der Waals surface area contributed by atoms with Gasteiger partial charge in [0.2, 0.25) is 0 Å². The zero-order valence-corrected chi connectivity index (χ0v) is 19.5. The van der Waals surface area contributed by atoms with Crippen LogP contribution in [-0.4, -0.2) is 19.9 Å². The fourth-order valence-corrected chi connectivity index (χ4v) is 6.21. The maximum atomic E-state index is 13.4. The van der Waals surface area contributed by atoms with Crippen molar-refractivity contribution in [1.82, 2.24) is 14.8 Å². The molecule has 2 aliphatic carbocycles. The molecule has 3 aromatic rings. The number of aromatic nitrogens is 3. The SMILES string of the molecule is CCCCC1(CC(O)c2ccccn2)CCC2=Cc3c(cnn3-c3ccc(F)cc3)CC21C. The van der Waals surface area contributed by atoms with E-state index in [1.807, 2.05) is 29.1 Å². The first-order valence-corrected chi connectivity index (χ1v) is 12.1. The second-order valence-corrected chi connectivity index (χ2v) is 9.98. The van der Waals surface area contributed by atoms with Crippen molar-refractivity contribution in [2.45, 2.75) is 64.9 Å². The summed E-state index contributed by atoms with van der Waals surface area (Å²) in [7, 11) is 0. The molecule has 0 amide bonds. The Hall–Kier alpha value is -2.79. The third-order valence-corrected chi connectivity index (χ3v) is 8.19. The molecule has 2 aliphatic rings. The van der Waals surface area contributed by atoms with E-state index in [-0.39, 0.29) is 16.6 Å². The lowest BCUT2D eigenvalue weighted by atomic mass is 9.57. The number of allylic oxidation sites excluding steroid dienone is 1. The molecular formula is C28H32FN3O. The van der Waals surface area contributed by atoms with Crippen molar-refractivity contribution < 1.29 is 9.50 Å². The largest absolute Gasteiger partial charge is 0.387 e. The summed E-state index contributed by atoms with van der Waals surface area (Å²) >= 11 is 0. The quantitative estimate of drug-likeness (QED) is 0.455. The summed E-state index contributed by atoms with van der Waals surface area (Å²) in [5.41, 5.74) is 5.40. The van der Waals surface area contributed by atoms with Crippen LogP contribution in [0.4, 0.5) is 4.39 Å². The van der Waals surface area contributed by atoms with Crippen LogP contribution in [-0.2, 0) is 6.42 Å². The normalized spacial score (nSPS) is 24.8. The third kappa shape index (κ3) is 3.72. The molecular weight excluding hydrogens is 413 g/mol. The number of rotatable bonds is 7. The molecule has 3 atom stereocenters. The van der Waals surface area contributed by atoms with Gasteiger partial charge in [-0.1, -0.05) is 38.3 Å². The minimum atomic E-state index is -0.567. The minimum Gasteiger partial charge on any atom is -0.387 e. The average molecular weight is 446 g/mol. The number of nitrogens with zero attached hydrogens (tertiary/aromatic N) is 3. The number of fused-ring (bicyclic) bond motifs is 2. The van der Waals surface area contributed by atoms with Gasteiger partial charge < -0.3 is 5.11 Å². The molecule has 4 nitrogen and oxygen atoms in total. The summed E-state index contributed by atoms with van der Waals surface area (Å²) in [5.74, 6) is -0.242. The molecule has 1 N–H and O–H groups in total. The van der Waals surface area contributed by atoms with E-state index in [0.29, 0.717) is 0 Å². The van der Waals surface area contributed by atoms with Crippen LogP contribution in [0.1, 0.15) is 75.4 Å². The molecule has 0 radical (unpaired) electrons. The van der Waals surface area contributed by atoms with Crippen LogP contribution < -0.4 is 0 Å². The Morgan fingerprint density at radius 2 is 2.00 bits per heavy atom. The predicted molar refractivity (Wildman–Crippen MR) is 128 cm³/mol. The fourth-order valence-electron chi connectivity index (χ4n) is 6.21. The van der Waals surface area contributed by atoms with Crippen LogP contribution in [0.2, 0.25) is 0 Å². The van der Waals surface area contributed by atoms with Gasteiger partial charge in [-0.2, -0.15) is 5.10 Å². The van der Waals surface area contributed by atoms with Crippen molar-refractivity contribution in [1.29, 1.82) is 0 Å². The van der Waals surface area contributed by atoms with Gasteiger partial charge in [-0.15, -0.1) is 0 Å². The Kier molecular flexibility index (Phi) is 5.69. The molecule has 3 unspecified atom stereocenters. The van der Waals surface area contributed by atoms with Crippen molar-refractivity contribution in [2.75, 3.05) is 0 Å². The van der Waals surface area contributed by atoms with Crippen molar-refractivity contribution >= 4 is 6.08 Å². The maximum absolute atomic E-state index is 13.4. The van der Waals surface area contributed by atoms with E-state index in [1.165, 1.54) is 23.3 Å². The molecule has 0 aliphatic heterocycles. The summed E-state index contributed by atoms with van der Waals surface area (Å²) in [5, 5.41) is 15.9. The van der Waals surface area contributed by atoms with Gasteiger partial charge in [0.15, 0.2) is 0 Å². The first-order valence-electron chi connectivity index (χ1n) is 12.1. The molecule has 1 fully saturated rings. The second kappa shape index (κ2) is 8.53. The Morgan fingerprint density at radius 1 is 1.18 bits per heavy atom. The Bertz CT molecular complexity index is 1150. The second-order valence-electron chi connectivity index (χ2n) is 9.98. The van der Waals surface area contributed by atoms with Gasteiger partial charge in [-0.3, -0.25) is 4.98 Å². The predicted octanol–water partition coefficient (Wildman–Crippen LogP) is 6.45.